The molecule has 0 saturated heterocycles. The molecule has 0 saturated carbocycles. The number of hydrogen-bond donors (Lipinski definition) is 1. The van der Waals surface area contributed by atoms with E-state index in [2.05, 4.69) is 46.8 Å². The number of aromatic nitrogens is 2. The van der Waals surface area contributed by atoms with Crippen LogP contribution in [0.15, 0.2) is 23.2 Å². The van der Waals surface area contributed by atoms with Crippen LogP contribution >= 0.6 is 11.3 Å². The molecule has 0 atom stereocenters. The zero-order valence-electron chi connectivity index (χ0n) is 10.4. The number of anilines is 1. The third-order valence-corrected chi connectivity index (χ3v) is 3.61. The Bertz CT molecular complexity index is 491. The van der Waals surface area contributed by atoms with Crippen molar-refractivity contribution in [3.05, 3.63) is 40.0 Å². The predicted molar refractivity (Wildman–Crippen MR) is 72.5 cm³/mol. The van der Waals surface area contributed by atoms with Crippen LogP contribution in [-0.4, -0.2) is 9.97 Å². The first-order chi connectivity index (χ1) is 8.16. The average molecular weight is 247 g/mol. The monoisotopic (exact) mass is 247 g/mol. The van der Waals surface area contributed by atoms with Gasteiger partial charge < -0.3 is 5.32 Å². The van der Waals surface area contributed by atoms with Gasteiger partial charge in [-0.05, 0) is 34.7 Å². The molecule has 17 heavy (non-hydrogen) atoms. The summed E-state index contributed by atoms with van der Waals surface area (Å²) in [7, 11) is 0. The summed E-state index contributed by atoms with van der Waals surface area (Å²) in [5.74, 6) is 1.33. The molecule has 90 valence electrons. The van der Waals surface area contributed by atoms with Gasteiger partial charge in [-0.2, -0.15) is 11.3 Å². The van der Waals surface area contributed by atoms with Crippen molar-refractivity contribution in [2.75, 3.05) is 5.32 Å². The molecule has 3 nitrogen and oxygen atoms in total. The van der Waals surface area contributed by atoms with Crippen molar-refractivity contribution in [1.29, 1.82) is 0 Å². The highest BCUT2D eigenvalue weighted by Crippen LogP contribution is 2.17. The lowest BCUT2D eigenvalue weighted by atomic mass is 10.1. The van der Waals surface area contributed by atoms with Crippen molar-refractivity contribution in [3.63, 3.8) is 0 Å². The van der Waals surface area contributed by atoms with Crippen LogP contribution in [0.25, 0.3) is 0 Å². The minimum atomic E-state index is 0.432. The summed E-state index contributed by atoms with van der Waals surface area (Å²) in [5, 5.41) is 7.68. The molecule has 0 fully saturated rings. The Labute approximate surface area is 106 Å². The van der Waals surface area contributed by atoms with E-state index in [9.17, 15) is 0 Å². The van der Waals surface area contributed by atoms with Gasteiger partial charge in [0.1, 0.15) is 12.1 Å². The summed E-state index contributed by atoms with van der Waals surface area (Å²) in [6.45, 7) is 7.22. The van der Waals surface area contributed by atoms with Crippen LogP contribution in [0.1, 0.15) is 36.6 Å². The maximum absolute atomic E-state index is 4.25. The Morgan fingerprint density at radius 1 is 1.29 bits per heavy atom. The van der Waals surface area contributed by atoms with Gasteiger partial charge in [0.05, 0.1) is 0 Å². The van der Waals surface area contributed by atoms with E-state index < -0.39 is 0 Å². The van der Waals surface area contributed by atoms with Gasteiger partial charge in [-0.25, -0.2) is 9.97 Å². The maximum atomic E-state index is 4.25. The fourth-order valence-corrected chi connectivity index (χ4v) is 2.40. The van der Waals surface area contributed by atoms with Crippen molar-refractivity contribution in [1.82, 2.24) is 9.97 Å². The van der Waals surface area contributed by atoms with Gasteiger partial charge in [-0.1, -0.05) is 13.8 Å². The van der Waals surface area contributed by atoms with Crippen molar-refractivity contribution in [2.24, 2.45) is 0 Å². The summed E-state index contributed by atoms with van der Waals surface area (Å²) < 4.78 is 0. The van der Waals surface area contributed by atoms with Gasteiger partial charge in [0.25, 0.3) is 0 Å². The average Bonchev–Trinajstić information content (AvgIpc) is 2.72. The predicted octanol–water partition coefficient (Wildman–Crippen LogP) is 3.58. The van der Waals surface area contributed by atoms with Crippen LogP contribution in [0.4, 0.5) is 5.82 Å². The van der Waals surface area contributed by atoms with E-state index in [1.165, 1.54) is 11.1 Å². The van der Waals surface area contributed by atoms with Gasteiger partial charge in [0.15, 0.2) is 0 Å². The topological polar surface area (TPSA) is 37.8 Å². The Balaban J connectivity index is 2.04. The van der Waals surface area contributed by atoms with Gasteiger partial charge in [-0.3, -0.25) is 0 Å². The molecule has 2 rings (SSSR count). The molecule has 0 spiro atoms. The Morgan fingerprint density at radius 3 is 2.76 bits per heavy atom. The summed E-state index contributed by atoms with van der Waals surface area (Å²) in [6.07, 6.45) is 1.62. The highest BCUT2D eigenvalue weighted by molar-refractivity contribution is 7.08. The van der Waals surface area contributed by atoms with E-state index in [0.717, 1.165) is 18.1 Å². The van der Waals surface area contributed by atoms with Crippen LogP contribution in [0, 0.1) is 6.92 Å². The smallest absolute Gasteiger partial charge is 0.129 e. The zero-order valence-corrected chi connectivity index (χ0v) is 11.2. The van der Waals surface area contributed by atoms with Crippen molar-refractivity contribution < 1.29 is 0 Å². The Morgan fingerprint density at radius 2 is 2.12 bits per heavy atom. The molecule has 1 N–H and O–H groups in total. The van der Waals surface area contributed by atoms with Gasteiger partial charge >= 0.3 is 0 Å². The first-order valence-electron chi connectivity index (χ1n) is 5.74. The van der Waals surface area contributed by atoms with Crippen LogP contribution < -0.4 is 5.32 Å². The van der Waals surface area contributed by atoms with E-state index in [1.807, 2.05) is 6.07 Å². The lowest BCUT2D eigenvalue weighted by molar-refractivity contribution is 0.813. The fourth-order valence-electron chi connectivity index (χ4n) is 1.54. The minimum absolute atomic E-state index is 0.432. The second-order valence-electron chi connectivity index (χ2n) is 4.42. The SMILES string of the molecule is Cc1cscc1CNc1cc(C(C)C)ncn1. The quantitative estimate of drug-likeness (QED) is 0.897. The molecule has 0 aliphatic carbocycles. The van der Waals surface area contributed by atoms with Crippen LogP contribution in [0.5, 0.6) is 0 Å². The molecule has 2 heterocycles. The summed E-state index contributed by atoms with van der Waals surface area (Å²) in [5.41, 5.74) is 3.74. The van der Waals surface area contributed by atoms with Gasteiger partial charge in [-0.15, -0.1) is 0 Å². The van der Waals surface area contributed by atoms with E-state index in [4.69, 9.17) is 0 Å². The third-order valence-electron chi connectivity index (χ3n) is 2.70. The third kappa shape index (κ3) is 3.03. The lowest BCUT2D eigenvalue weighted by Crippen LogP contribution is -2.03. The normalized spacial score (nSPS) is 10.8. The largest absolute Gasteiger partial charge is 0.366 e. The summed E-state index contributed by atoms with van der Waals surface area (Å²) in [6, 6.07) is 2.02. The number of nitrogens with zero attached hydrogens (tertiary/aromatic N) is 2. The number of thiophene rings is 1. The van der Waals surface area contributed by atoms with Crippen molar-refractivity contribution in [2.45, 2.75) is 33.2 Å². The first kappa shape index (κ1) is 12.0. The molecule has 0 amide bonds. The Kier molecular flexibility index (Phi) is 3.74. The number of rotatable bonds is 4. The van der Waals surface area contributed by atoms with Crippen LogP contribution in [0.3, 0.4) is 0 Å². The molecule has 0 bridgehead atoms. The number of aryl methyl sites for hydroxylation is 1. The summed E-state index contributed by atoms with van der Waals surface area (Å²) >= 11 is 1.74. The highest BCUT2D eigenvalue weighted by Gasteiger charge is 2.04. The molecule has 0 aliphatic heterocycles. The minimum Gasteiger partial charge on any atom is -0.366 e. The van der Waals surface area contributed by atoms with Crippen molar-refractivity contribution >= 4 is 17.2 Å². The lowest BCUT2D eigenvalue weighted by Gasteiger charge is -2.08. The van der Waals surface area contributed by atoms with E-state index in [0.29, 0.717) is 5.92 Å². The van der Waals surface area contributed by atoms with Gasteiger partial charge in [0, 0.05) is 18.3 Å². The molecular weight excluding hydrogens is 230 g/mol. The molecule has 2 aromatic rings. The molecule has 0 radical (unpaired) electrons. The van der Waals surface area contributed by atoms with E-state index in [1.54, 1.807) is 17.7 Å². The van der Waals surface area contributed by atoms with Crippen LogP contribution in [-0.2, 0) is 6.54 Å². The van der Waals surface area contributed by atoms with E-state index in [-0.39, 0.29) is 0 Å². The number of nitrogens with one attached hydrogen (secondary N) is 1. The molecular formula is C13H17N3S. The fraction of sp³-hybridized carbons (Fsp3) is 0.385. The molecule has 0 aromatic carbocycles. The maximum Gasteiger partial charge on any atom is 0.129 e. The van der Waals surface area contributed by atoms with Crippen LogP contribution in [0.2, 0.25) is 0 Å². The molecule has 0 aliphatic rings. The summed E-state index contributed by atoms with van der Waals surface area (Å²) in [4.78, 5) is 8.48. The number of hydrogen-bond acceptors (Lipinski definition) is 4. The first-order valence-corrected chi connectivity index (χ1v) is 6.68. The zero-order chi connectivity index (χ0) is 12.3. The second kappa shape index (κ2) is 5.27. The molecule has 4 heteroatoms. The van der Waals surface area contributed by atoms with Crippen molar-refractivity contribution in [3.8, 4) is 0 Å². The van der Waals surface area contributed by atoms with Gasteiger partial charge in [0.2, 0.25) is 0 Å². The Hall–Kier alpha value is -1.42. The van der Waals surface area contributed by atoms with E-state index >= 15 is 0 Å². The second-order valence-corrected chi connectivity index (χ2v) is 5.16. The standard InChI is InChI=1S/C13H17N3S/c1-9(2)12-4-13(16-8-15-12)14-5-11-7-17-6-10(11)3/h4,6-9H,5H2,1-3H3,(H,14,15,16). The molecule has 0 unspecified atom stereocenters. The highest BCUT2D eigenvalue weighted by atomic mass is 32.1. The molecule has 2 aromatic heterocycles.